The van der Waals surface area contributed by atoms with Crippen LogP contribution in [0.4, 0.5) is 0 Å². The standard InChI is InChI=1S/C25H32N4O/c1-19(2)21-6-8-22(9-7-21)23(24(26)30)29-16-13-25(11-4-15-28-18-25)12-10-20-5-3-14-27-17-20/h3-9,11,14-15,17,19,23,29H,10,12-13,16,18H2,1-2H3,(H2,26,30). The zero-order valence-electron chi connectivity index (χ0n) is 17.9. The average molecular weight is 405 g/mol. The molecule has 5 nitrogen and oxygen atoms in total. The lowest BCUT2D eigenvalue weighted by molar-refractivity contribution is -0.120. The summed E-state index contributed by atoms with van der Waals surface area (Å²) in [5.41, 5.74) is 9.07. The number of carbonyl (C=O) groups excluding carboxylic acids is 1. The molecule has 0 spiro atoms. The first-order chi connectivity index (χ1) is 14.5. The van der Waals surface area contributed by atoms with Gasteiger partial charge < -0.3 is 11.1 Å². The molecule has 2 heterocycles. The Bertz CT molecular complexity index is 874. The summed E-state index contributed by atoms with van der Waals surface area (Å²) in [6.45, 7) is 5.76. The number of primary amides is 1. The van der Waals surface area contributed by atoms with Crippen molar-refractivity contribution in [3.63, 3.8) is 0 Å². The quantitative estimate of drug-likeness (QED) is 0.629. The van der Waals surface area contributed by atoms with Crippen LogP contribution in [0.15, 0.2) is 65.9 Å². The van der Waals surface area contributed by atoms with Crippen LogP contribution in [0.5, 0.6) is 0 Å². The Balaban J connectivity index is 1.63. The lowest BCUT2D eigenvalue weighted by atomic mass is 9.78. The predicted octanol–water partition coefficient (Wildman–Crippen LogP) is 3.97. The molecule has 2 atom stereocenters. The Morgan fingerprint density at radius 1 is 1.17 bits per heavy atom. The zero-order chi connectivity index (χ0) is 21.4. The number of nitrogens with two attached hydrogens (primary N) is 1. The average Bonchev–Trinajstić information content (AvgIpc) is 2.77. The highest BCUT2D eigenvalue weighted by atomic mass is 16.1. The molecule has 3 rings (SSSR count). The maximum absolute atomic E-state index is 12.1. The third-order valence-electron chi connectivity index (χ3n) is 5.87. The lowest BCUT2D eigenvalue weighted by Crippen LogP contribution is -2.37. The third-order valence-corrected chi connectivity index (χ3v) is 5.87. The van der Waals surface area contributed by atoms with Gasteiger partial charge in [0.15, 0.2) is 0 Å². The van der Waals surface area contributed by atoms with Gasteiger partial charge in [0.2, 0.25) is 5.91 Å². The fourth-order valence-electron chi connectivity index (χ4n) is 3.91. The predicted molar refractivity (Wildman–Crippen MR) is 123 cm³/mol. The van der Waals surface area contributed by atoms with E-state index in [2.05, 4.69) is 53.4 Å². The molecular weight excluding hydrogens is 372 g/mol. The number of nitrogens with zero attached hydrogens (tertiary/aromatic N) is 2. The molecule has 0 saturated heterocycles. The number of amides is 1. The van der Waals surface area contributed by atoms with E-state index >= 15 is 0 Å². The summed E-state index contributed by atoms with van der Waals surface area (Å²) in [6.07, 6.45) is 12.7. The minimum atomic E-state index is -0.488. The van der Waals surface area contributed by atoms with Crippen molar-refractivity contribution in [2.45, 2.75) is 45.1 Å². The normalized spacial score (nSPS) is 19.2. The van der Waals surface area contributed by atoms with E-state index in [9.17, 15) is 4.79 Å². The Morgan fingerprint density at radius 3 is 2.53 bits per heavy atom. The number of hydrogen-bond donors (Lipinski definition) is 2. The topological polar surface area (TPSA) is 80.4 Å². The van der Waals surface area contributed by atoms with Crippen LogP contribution in [0.3, 0.4) is 0 Å². The summed E-state index contributed by atoms with van der Waals surface area (Å²) in [7, 11) is 0. The first kappa shape index (κ1) is 21.9. The van der Waals surface area contributed by atoms with Crippen molar-refractivity contribution in [2.24, 2.45) is 16.1 Å². The lowest BCUT2D eigenvalue weighted by Gasteiger charge is -2.31. The zero-order valence-corrected chi connectivity index (χ0v) is 17.9. The number of benzene rings is 1. The van der Waals surface area contributed by atoms with Gasteiger partial charge in [-0.25, -0.2) is 0 Å². The fourth-order valence-corrected chi connectivity index (χ4v) is 3.91. The van der Waals surface area contributed by atoms with E-state index in [4.69, 9.17) is 5.73 Å². The number of hydrogen-bond acceptors (Lipinski definition) is 4. The summed E-state index contributed by atoms with van der Waals surface area (Å²) in [6, 6.07) is 11.7. The van der Waals surface area contributed by atoms with E-state index in [1.807, 2.05) is 36.7 Å². The summed E-state index contributed by atoms with van der Waals surface area (Å²) in [5, 5.41) is 3.38. The molecule has 3 N–H and O–H groups in total. The number of aryl methyl sites for hydroxylation is 1. The van der Waals surface area contributed by atoms with Crippen LogP contribution in [0, 0.1) is 5.41 Å². The van der Waals surface area contributed by atoms with Crippen LogP contribution in [-0.2, 0) is 11.2 Å². The van der Waals surface area contributed by atoms with Gasteiger partial charge in [0, 0.05) is 30.6 Å². The molecule has 1 aliphatic heterocycles. The van der Waals surface area contributed by atoms with Crippen LogP contribution >= 0.6 is 0 Å². The highest BCUT2D eigenvalue weighted by Gasteiger charge is 2.28. The number of allylic oxidation sites excluding steroid dienone is 1. The number of aromatic nitrogens is 1. The summed E-state index contributed by atoms with van der Waals surface area (Å²) >= 11 is 0. The van der Waals surface area contributed by atoms with Crippen LogP contribution in [0.25, 0.3) is 0 Å². The Kier molecular flexibility index (Phi) is 7.52. The maximum Gasteiger partial charge on any atom is 0.239 e. The van der Waals surface area contributed by atoms with Crippen molar-refractivity contribution in [3.8, 4) is 0 Å². The molecular formula is C25H32N4O. The number of nitrogens with one attached hydrogen (secondary N) is 1. The molecule has 1 aromatic carbocycles. The molecule has 0 aliphatic carbocycles. The highest BCUT2D eigenvalue weighted by Crippen LogP contribution is 2.32. The van der Waals surface area contributed by atoms with Crippen LogP contribution in [0.2, 0.25) is 0 Å². The second kappa shape index (κ2) is 10.3. The maximum atomic E-state index is 12.1. The van der Waals surface area contributed by atoms with E-state index in [1.165, 1.54) is 11.1 Å². The number of dihydropyridines is 1. The van der Waals surface area contributed by atoms with E-state index in [1.54, 1.807) is 6.20 Å². The van der Waals surface area contributed by atoms with Gasteiger partial charge in [-0.15, -0.1) is 0 Å². The van der Waals surface area contributed by atoms with E-state index in [0.717, 1.165) is 31.4 Å². The summed E-state index contributed by atoms with van der Waals surface area (Å²) < 4.78 is 0. The van der Waals surface area contributed by atoms with Gasteiger partial charge in [0.1, 0.15) is 6.04 Å². The molecule has 5 heteroatoms. The van der Waals surface area contributed by atoms with Crippen molar-refractivity contribution in [2.75, 3.05) is 13.1 Å². The van der Waals surface area contributed by atoms with E-state index < -0.39 is 6.04 Å². The van der Waals surface area contributed by atoms with Gasteiger partial charge in [-0.05, 0) is 60.6 Å². The van der Waals surface area contributed by atoms with Gasteiger partial charge in [0.25, 0.3) is 0 Å². The molecule has 0 radical (unpaired) electrons. The van der Waals surface area contributed by atoms with E-state index in [0.29, 0.717) is 12.5 Å². The first-order valence-corrected chi connectivity index (χ1v) is 10.7. The van der Waals surface area contributed by atoms with Gasteiger partial charge >= 0.3 is 0 Å². The first-order valence-electron chi connectivity index (χ1n) is 10.7. The molecule has 1 amide bonds. The number of carbonyl (C=O) groups is 1. The van der Waals surface area contributed by atoms with Crippen molar-refractivity contribution in [1.82, 2.24) is 10.3 Å². The Hall–Kier alpha value is -2.79. The van der Waals surface area contributed by atoms with Crippen molar-refractivity contribution < 1.29 is 4.79 Å². The van der Waals surface area contributed by atoms with E-state index in [-0.39, 0.29) is 11.3 Å². The van der Waals surface area contributed by atoms with Crippen molar-refractivity contribution in [3.05, 3.63) is 77.6 Å². The van der Waals surface area contributed by atoms with Gasteiger partial charge in [-0.2, -0.15) is 0 Å². The molecule has 0 saturated carbocycles. The molecule has 30 heavy (non-hydrogen) atoms. The third kappa shape index (κ3) is 5.86. The minimum Gasteiger partial charge on any atom is -0.368 e. The largest absolute Gasteiger partial charge is 0.368 e. The second-order valence-corrected chi connectivity index (χ2v) is 8.43. The monoisotopic (exact) mass is 404 g/mol. The molecule has 1 aliphatic rings. The molecule has 2 aromatic rings. The molecule has 2 unspecified atom stereocenters. The smallest absolute Gasteiger partial charge is 0.239 e. The summed E-state index contributed by atoms with van der Waals surface area (Å²) in [5.74, 6) is 0.103. The van der Waals surface area contributed by atoms with Crippen LogP contribution in [-0.4, -0.2) is 30.2 Å². The summed E-state index contributed by atoms with van der Waals surface area (Å²) in [4.78, 5) is 20.8. The Labute approximate surface area is 179 Å². The molecule has 1 aromatic heterocycles. The number of pyridine rings is 1. The molecule has 0 fully saturated rings. The van der Waals surface area contributed by atoms with Gasteiger partial charge in [0.05, 0.1) is 0 Å². The molecule has 158 valence electrons. The van der Waals surface area contributed by atoms with Gasteiger partial charge in [-0.1, -0.05) is 50.3 Å². The van der Waals surface area contributed by atoms with Crippen LogP contribution in [0.1, 0.15) is 55.3 Å². The van der Waals surface area contributed by atoms with Crippen LogP contribution < -0.4 is 11.1 Å². The number of rotatable bonds is 10. The Morgan fingerprint density at radius 2 is 1.93 bits per heavy atom. The minimum absolute atomic E-state index is 0.0265. The second-order valence-electron chi connectivity index (χ2n) is 8.43. The fraction of sp³-hybridized carbons (Fsp3) is 0.400. The van der Waals surface area contributed by atoms with Crippen molar-refractivity contribution >= 4 is 12.1 Å². The number of aliphatic imine (C=N–C) groups is 1. The van der Waals surface area contributed by atoms with Gasteiger partial charge in [-0.3, -0.25) is 14.8 Å². The highest BCUT2D eigenvalue weighted by molar-refractivity contribution is 5.81. The van der Waals surface area contributed by atoms with Crippen molar-refractivity contribution in [1.29, 1.82) is 0 Å². The SMILES string of the molecule is CC(C)c1ccc(C(NCCC2(CCc3cccnc3)C=CC=NC2)C(N)=O)cc1. The molecule has 0 bridgehead atoms.